The van der Waals surface area contributed by atoms with Gasteiger partial charge in [0.05, 0.1) is 12.3 Å². The molecule has 0 radical (unpaired) electrons. The minimum absolute atomic E-state index is 0.291. The van der Waals surface area contributed by atoms with Gasteiger partial charge in [-0.15, -0.1) is 0 Å². The van der Waals surface area contributed by atoms with E-state index < -0.39 is 0 Å². The Morgan fingerprint density at radius 2 is 1.96 bits per heavy atom. The highest BCUT2D eigenvalue weighted by Crippen LogP contribution is 2.40. The third-order valence-corrected chi connectivity index (χ3v) is 5.30. The average Bonchev–Trinajstić information content (AvgIpc) is 2.60. The monoisotopic (exact) mass is 344 g/mol. The van der Waals surface area contributed by atoms with Crippen molar-refractivity contribution in [2.24, 2.45) is 0 Å². The largest absolute Gasteiger partial charge is 0.368 e. The lowest BCUT2D eigenvalue weighted by Gasteiger charge is -2.44. The zero-order valence-electron chi connectivity index (χ0n) is 13.5. The number of nitrogens with two attached hydrogens (primary N) is 1. The van der Waals surface area contributed by atoms with Crippen LogP contribution in [0, 0.1) is 0 Å². The highest BCUT2D eigenvalue weighted by molar-refractivity contribution is 6.30. The summed E-state index contributed by atoms with van der Waals surface area (Å²) in [6, 6.07) is 8.07. The SMILES string of the molecule is Nc1ncc2c(n1)C1(CCN(Cc3ccc(Cl)cc3)CC1)OCC2. The van der Waals surface area contributed by atoms with Crippen molar-refractivity contribution in [3.05, 3.63) is 52.3 Å². The van der Waals surface area contributed by atoms with Crippen LogP contribution in [-0.4, -0.2) is 34.6 Å². The molecule has 0 unspecified atom stereocenters. The predicted octanol–water partition coefficient (Wildman–Crippen LogP) is 2.78. The Bertz CT molecular complexity index is 726. The van der Waals surface area contributed by atoms with Crippen LogP contribution in [0.4, 0.5) is 5.95 Å². The number of benzene rings is 1. The summed E-state index contributed by atoms with van der Waals surface area (Å²) in [7, 11) is 0. The molecule has 0 aliphatic carbocycles. The number of fused-ring (bicyclic) bond motifs is 2. The molecule has 6 heteroatoms. The Morgan fingerprint density at radius 1 is 1.21 bits per heavy atom. The molecule has 1 spiro atoms. The van der Waals surface area contributed by atoms with Gasteiger partial charge in [0, 0.05) is 30.9 Å². The van der Waals surface area contributed by atoms with E-state index in [0.717, 1.165) is 56.2 Å². The third-order valence-electron chi connectivity index (χ3n) is 5.05. The van der Waals surface area contributed by atoms with Gasteiger partial charge in [-0.25, -0.2) is 9.97 Å². The number of nitrogens with zero attached hydrogens (tertiary/aromatic N) is 3. The van der Waals surface area contributed by atoms with Gasteiger partial charge in [-0.2, -0.15) is 0 Å². The fourth-order valence-corrected chi connectivity index (χ4v) is 3.85. The maximum absolute atomic E-state index is 6.21. The van der Waals surface area contributed by atoms with Gasteiger partial charge in [0.2, 0.25) is 5.95 Å². The van der Waals surface area contributed by atoms with E-state index >= 15 is 0 Å². The van der Waals surface area contributed by atoms with Crippen molar-refractivity contribution in [2.45, 2.75) is 31.4 Å². The number of rotatable bonds is 2. The molecule has 0 saturated carbocycles. The number of aromatic nitrogens is 2. The Morgan fingerprint density at radius 3 is 2.71 bits per heavy atom. The highest BCUT2D eigenvalue weighted by Gasteiger charge is 2.42. The molecular formula is C18H21ClN4O. The lowest BCUT2D eigenvalue weighted by molar-refractivity contribution is -0.102. The van der Waals surface area contributed by atoms with E-state index in [9.17, 15) is 0 Å². The standard InChI is InChI=1S/C18H21ClN4O/c19-15-3-1-13(2-4-15)12-23-8-6-18(7-9-23)16-14(5-10-24-18)11-21-17(20)22-16/h1-4,11H,5-10,12H2,(H2,20,21,22). The van der Waals surface area contributed by atoms with Crippen molar-refractivity contribution in [1.82, 2.24) is 14.9 Å². The van der Waals surface area contributed by atoms with Gasteiger partial charge in [-0.05, 0) is 42.5 Å². The van der Waals surface area contributed by atoms with Crippen molar-refractivity contribution in [2.75, 3.05) is 25.4 Å². The molecule has 2 aliphatic rings. The van der Waals surface area contributed by atoms with Gasteiger partial charge in [0.15, 0.2) is 0 Å². The molecule has 2 aromatic rings. The van der Waals surface area contributed by atoms with Gasteiger partial charge in [-0.1, -0.05) is 23.7 Å². The van der Waals surface area contributed by atoms with Crippen molar-refractivity contribution in [3.63, 3.8) is 0 Å². The summed E-state index contributed by atoms with van der Waals surface area (Å²) in [5.41, 5.74) is 9.00. The predicted molar refractivity (Wildman–Crippen MR) is 93.7 cm³/mol. The van der Waals surface area contributed by atoms with Crippen LogP contribution in [0.1, 0.15) is 29.7 Å². The number of likely N-dealkylation sites (tertiary alicyclic amines) is 1. The lowest BCUT2D eigenvalue weighted by atomic mass is 9.83. The number of anilines is 1. The maximum Gasteiger partial charge on any atom is 0.220 e. The molecule has 126 valence electrons. The van der Waals surface area contributed by atoms with Crippen LogP contribution in [0.15, 0.2) is 30.5 Å². The zero-order chi connectivity index (χ0) is 16.6. The maximum atomic E-state index is 6.21. The molecule has 1 fully saturated rings. The van der Waals surface area contributed by atoms with Crippen molar-refractivity contribution >= 4 is 17.5 Å². The topological polar surface area (TPSA) is 64.3 Å². The van der Waals surface area contributed by atoms with E-state index in [-0.39, 0.29) is 5.60 Å². The fraction of sp³-hybridized carbons (Fsp3) is 0.444. The van der Waals surface area contributed by atoms with Gasteiger partial charge in [0.25, 0.3) is 0 Å². The number of hydrogen-bond donors (Lipinski definition) is 1. The van der Waals surface area contributed by atoms with Crippen LogP contribution in [0.5, 0.6) is 0 Å². The third kappa shape index (κ3) is 2.99. The molecule has 0 bridgehead atoms. The molecule has 1 aromatic carbocycles. The van der Waals surface area contributed by atoms with E-state index in [1.54, 1.807) is 0 Å². The van der Waals surface area contributed by atoms with Crippen LogP contribution < -0.4 is 5.73 Å². The summed E-state index contributed by atoms with van der Waals surface area (Å²) < 4.78 is 6.21. The second-order valence-electron chi connectivity index (χ2n) is 6.60. The van der Waals surface area contributed by atoms with Gasteiger partial charge >= 0.3 is 0 Å². The Hall–Kier alpha value is -1.69. The second kappa shape index (κ2) is 6.31. The molecule has 1 saturated heterocycles. The highest BCUT2D eigenvalue weighted by atomic mass is 35.5. The minimum atomic E-state index is -0.291. The first-order valence-corrected chi connectivity index (χ1v) is 8.75. The number of hydrogen-bond acceptors (Lipinski definition) is 5. The molecule has 0 amide bonds. The molecule has 3 heterocycles. The number of halogens is 1. The average molecular weight is 345 g/mol. The first-order valence-electron chi connectivity index (χ1n) is 8.37. The van der Waals surface area contributed by atoms with Gasteiger partial charge in [0.1, 0.15) is 5.60 Å². The Labute approximate surface area is 146 Å². The van der Waals surface area contributed by atoms with Crippen molar-refractivity contribution < 1.29 is 4.74 Å². The normalized spacial score (nSPS) is 20.0. The zero-order valence-corrected chi connectivity index (χ0v) is 14.3. The van der Waals surface area contributed by atoms with Crippen molar-refractivity contribution in [1.29, 1.82) is 0 Å². The molecule has 24 heavy (non-hydrogen) atoms. The molecule has 1 aromatic heterocycles. The van der Waals surface area contributed by atoms with Gasteiger partial charge in [-0.3, -0.25) is 4.90 Å². The van der Waals surface area contributed by atoms with Crippen LogP contribution >= 0.6 is 11.6 Å². The van der Waals surface area contributed by atoms with Crippen LogP contribution in [0.2, 0.25) is 5.02 Å². The quantitative estimate of drug-likeness (QED) is 0.907. The van der Waals surface area contributed by atoms with E-state index in [4.69, 9.17) is 22.1 Å². The van der Waals surface area contributed by atoms with Crippen LogP contribution in [-0.2, 0) is 23.3 Å². The first kappa shape index (κ1) is 15.8. The van der Waals surface area contributed by atoms with E-state index in [1.165, 1.54) is 11.1 Å². The van der Waals surface area contributed by atoms with E-state index in [0.29, 0.717) is 5.95 Å². The summed E-state index contributed by atoms with van der Waals surface area (Å²) in [6.45, 7) is 3.63. The molecule has 0 atom stereocenters. The lowest BCUT2D eigenvalue weighted by Crippen LogP contribution is -2.47. The van der Waals surface area contributed by atoms with E-state index in [2.05, 4.69) is 27.0 Å². The Kier molecular flexibility index (Phi) is 4.16. The van der Waals surface area contributed by atoms with E-state index in [1.807, 2.05) is 18.3 Å². The molecule has 2 N–H and O–H groups in total. The summed E-state index contributed by atoms with van der Waals surface area (Å²) in [5, 5.41) is 0.779. The number of nitrogen functional groups attached to an aromatic ring is 1. The number of piperidine rings is 1. The number of ether oxygens (including phenoxy) is 1. The molecular weight excluding hydrogens is 324 g/mol. The second-order valence-corrected chi connectivity index (χ2v) is 7.03. The first-order chi connectivity index (χ1) is 11.6. The minimum Gasteiger partial charge on any atom is -0.368 e. The molecule has 4 rings (SSSR count). The summed E-state index contributed by atoms with van der Waals surface area (Å²) in [5.74, 6) is 0.335. The summed E-state index contributed by atoms with van der Waals surface area (Å²) in [4.78, 5) is 11.1. The van der Waals surface area contributed by atoms with Crippen molar-refractivity contribution in [3.8, 4) is 0 Å². The molecule has 2 aliphatic heterocycles. The molecule has 5 nitrogen and oxygen atoms in total. The fourth-order valence-electron chi connectivity index (χ4n) is 3.72. The Balaban J connectivity index is 1.48. The van der Waals surface area contributed by atoms with Gasteiger partial charge < -0.3 is 10.5 Å². The summed E-state index contributed by atoms with van der Waals surface area (Å²) >= 11 is 5.96. The van der Waals surface area contributed by atoms with Crippen LogP contribution in [0.25, 0.3) is 0 Å². The smallest absolute Gasteiger partial charge is 0.220 e. The summed E-state index contributed by atoms with van der Waals surface area (Å²) in [6.07, 6.45) is 4.60. The van der Waals surface area contributed by atoms with Crippen LogP contribution in [0.3, 0.4) is 0 Å².